The highest BCUT2D eigenvalue weighted by molar-refractivity contribution is 6.32. The Labute approximate surface area is 181 Å². The second kappa shape index (κ2) is 7.73. The number of amides is 1. The van der Waals surface area contributed by atoms with E-state index in [0.29, 0.717) is 16.4 Å². The number of halogens is 1. The van der Waals surface area contributed by atoms with E-state index in [1.54, 1.807) is 37.3 Å². The molecule has 9 heteroatoms. The highest BCUT2D eigenvalue weighted by Crippen LogP contribution is 2.28. The summed E-state index contributed by atoms with van der Waals surface area (Å²) in [4.78, 5) is 40.0. The fraction of sp³-hybridized carbons (Fsp3) is 0.0909. The van der Waals surface area contributed by atoms with Crippen LogP contribution in [0.4, 0.5) is 5.69 Å². The summed E-state index contributed by atoms with van der Waals surface area (Å²) in [6.07, 6.45) is 1.23. The van der Waals surface area contributed by atoms with E-state index in [9.17, 15) is 19.5 Å². The van der Waals surface area contributed by atoms with Gasteiger partial charge in [0, 0.05) is 5.02 Å². The summed E-state index contributed by atoms with van der Waals surface area (Å²) < 4.78 is 0.907. The maximum atomic E-state index is 13.0. The molecule has 0 saturated heterocycles. The fourth-order valence-corrected chi connectivity index (χ4v) is 3.50. The lowest BCUT2D eigenvalue weighted by molar-refractivity contribution is -0.114. The third-order valence-corrected chi connectivity index (χ3v) is 5.12. The number of benzene rings is 2. The Morgan fingerprint density at radius 3 is 2.52 bits per heavy atom. The molecular weight excluding hydrogens is 420 g/mol. The predicted molar refractivity (Wildman–Crippen MR) is 119 cm³/mol. The summed E-state index contributed by atoms with van der Waals surface area (Å²) in [6, 6.07) is 13.5. The molecule has 31 heavy (non-hydrogen) atoms. The molecule has 0 atom stereocenters. The minimum atomic E-state index is -0.836. The zero-order valence-electron chi connectivity index (χ0n) is 16.6. The Balaban J connectivity index is 1.85. The Kier molecular flexibility index (Phi) is 5.08. The van der Waals surface area contributed by atoms with Crippen LogP contribution in [0.5, 0.6) is 5.88 Å². The molecular formula is C22H17ClN4O4. The molecule has 156 valence electrons. The molecule has 1 aliphatic rings. The van der Waals surface area contributed by atoms with Gasteiger partial charge in [0.2, 0.25) is 5.88 Å². The quantitative estimate of drug-likeness (QED) is 0.615. The van der Waals surface area contributed by atoms with E-state index in [0.717, 1.165) is 10.1 Å². The van der Waals surface area contributed by atoms with Crippen LogP contribution in [0.1, 0.15) is 18.1 Å². The first-order valence-corrected chi connectivity index (χ1v) is 9.67. The van der Waals surface area contributed by atoms with Crippen LogP contribution in [0.25, 0.3) is 11.8 Å². The van der Waals surface area contributed by atoms with Crippen LogP contribution in [-0.2, 0) is 4.79 Å². The van der Waals surface area contributed by atoms with Gasteiger partial charge >= 0.3 is 5.69 Å². The van der Waals surface area contributed by atoms with E-state index in [4.69, 9.17) is 11.6 Å². The number of rotatable bonds is 3. The van der Waals surface area contributed by atoms with Gasteiger partial charge in [-0.2, -0.15) is 10.1 Å². The molecule has 0 unspecified atom stereocenters. The Bertz CT molecular complexity index is 1400. The minimum Gasteiger partial charge on any atom is -0.494 e. The zero-order valence-corrected chi connectivity index (χ0v) is 17.3. The van der Waals surface area contributed by atoms with Crippen LogP contribution in [0.2, 0.25) is 5.02 Å². The van der Waals surface area contributed by atoms with Crippen molar-refractivity contribution in [3.63, 3.8) is 0 Å². The number of para-hydroxylation sites is 1. The zero-order chi connectivity index (χ0) is 22.3. The average Bonchev–Trinajstić information content (AvgIpc) is 2.99. The number of hydrogen-bond donors (Lipinski definition) is 2. The monoisotopic (exact) mass is 436 g/mol. The van der Waals surface area contributed by atoms with Crippen LogP contribution in [-0.4, -0.2) is 26.3 Å². The van der Waals surface area contributed by atoms with E-state index >= 15 is 0 Å². The van der Waals surface area contributed by atoms with Gasteiger partial charge in [0.1, 0.15) is 5.56 Å². The van der Waals surface area contributed by atoms with Gasteiger partial charge in [-0.25, -0.2) is 9.36 Å². The highest BCUT2D eigenvalue weighted by Gasteiger charge is 2.30. The molecule has 2 N–H and O–H groups in total. The van der Waals surface area contributed by atoms with Crippen molar-refractivity contribution in [2.24, 2.45) is 5.10 Å². The number of H-pyrrole nitrogens is 1. The lowest BCUT2D eigenvalue weighted by atomic mass is 10.1. The molecule has 2 aromatic carbocycles. The summed E-state index contributed by atoms with van der Waals surface area (Å²) in [5, 5.41) is 16.6. The number of aromatic amines is 1. The predicted octanol–water partition coefficient (Wildman–Crippen LogP) is 3.00. The normalized spacial score (nSPS) is 14.9. The summed E-state index contributed by atoms with van der Waals surface area (Å²) in [5.74, 6) is -1.07. The van der Waals surface area contributed by atoms with E-state index in [-0.39, 0.29) is 16.8 Å². The van der Waals surface area contributed by atoms with Gasteiger partial charge in [-0.1, -0.05) is 35.9 Å². The van der Waals surface area contributed by atoms with Crippen molar-refractivity contribution >= 4 is 35.0 Å². The van der Waals surface area contributed by atoms with Gasteiger partial charge in [0.05, 0.1) is 22.7 Å². The van der Waals surface area contributed by atoms with Crippen LogP contribution in [0.15, 0.2) is 68.8 Å². The smallest absolute Gasteiger partial charge is 0.335 e. The molecule has 0 fully saturated rings. The van der Waals surface area contributed by atoms with Crippen molar-refractivity contribution < 1.29 is 9.90 Å². The Morgan fingerprint density at radius 2 is 1.81 bits per heavy atom. The van der Waals surface area contributed by atoms with Gasteiger partial charge < -0.3 is 5.11 Å². The van der Waals surface area contributed by atoms with E-state index in [2.05, 4.69) is 10.1 Å². The van der Waals surface area contributed by atoms with Crippen molar-refractivity contribution in [2.75, 3.05) is 5.01 Å². The molecule has 1 amide bonds. The summed E-state index contributed by atoms with van der Waals surface area (Å²) >= 11 is 5.99. The number of anilines is 1. The number of aromatic hydroxyl groups is 1. The molecule has 0 aliphatic carbocycles. The van der Waals surface area contributed by atoms with Gasteiger partial charge in [-0.15, -0.1) is 0 Å². The molecule has 2 heterocycles. The first-order valence-electron chi connectivity index (χ1n) is 9.29. The molecule has 1 aliphatic heterocycles. The SMILES string of the molecule is CC1=NN(c2ccccc2C)C(=O)C1=Cc1c(O)n(-c2cccc(Cl)c2)c(=O)[nH]c1=O. The summed E-state index contributed by atoms with van der Waals surface area (Å²) in [5.41, 5.74) is 0.300. The molecule has 4 rings (SSSR count). The summed E-state index contributed by atoms with van der Waals surface area (Å²) in [6.45, 7) is 3.48. The first kappa shape index (κ1) is 20.4. The minimum absolute atomic E-state index is 0.125. The van der Waals surface area contributed by atoms with Crippen LogP contribution < -0.4 is 16.3 Å². The third-order valence-electron chi connectivity index (χ3n) is 4.88. The number of carbonyl (C=O) groups excluding carboxylic acids is 1. The largest absolute Gasteiger partial charge is 0.494 e. The van der Waals surface area contributed by atoms with Crippen LogP contribution >= 0.6 is 11.6 Å². The van der Waals surface area contributed by atoms with E-state index in [1.165, 1.54) is 17.2 Å². The van der Waals surface area contributed by atoms with Gasteiger partial charge in [0.25, 0.3) is 11.5 Å². The molecule has 0 radical (unpaired) electrons. The molecule has 0 spiro atoms. The number of aromatic nitrogens is 2. The molecule has 8 nitrogen and oxygen atoms in total. The lowest BCUT2D eigenvalue weighted by Crippen LogP contribution is -2.30. The number of nitrogens with zero attached hydrogens (tertiary/aromatic N) is 3. The highest BCUT2D eigenvalue weighted by atomic mass is 35.5. The Hall–Kier alpha value is -3.91. The van der Waals surface area contributed by atoms with Gasteiger partial charge in [0.15, 0.2) is 0 Å². The number of aryl methyl sites for hydroxylation is 1. The summed E-state index contributed by atoms with van der Waals surface area (Å²) in [7, 11) is 0. The second-order valence-corrected chi connectivity index (χ2v) is 7.40. The topological polar surface area (TPSA) is 108 Å². The molecule has 0 bridgehead atoms. The van der Waals surface area contributed by atoms with Gasteiger partial charge in [-0.3, -0.25) is 14.6 Å². The van der Waals surface area contributed by atoms with Crippen molar-refractivity contribution in [1.82, 2.24) is 9.55 Å². The number of carbonyl (C=O) groups is 1. The number of hydrazone groups is 1. The van der Waals surface area contributed by atoms with E-state index in [1.807, 2.05) is 19.1 Å². The lowest BCUT2D eigenvalue weighted by Gasteiger charge is -2.14. The van der Waals surface area contributed by atoms with E-state index < -0.39 is 23.0 Å². The van der Waals surface area contributed by atoms with Crippen LogP contribution in [0.3, 0.4) is 0 Å². The fourth-order valence-electron chi connectivity index (χ4n) is 3.32. The van der Waals surface area contributed by atoms with Crippen molar-refractivity contribution in [3.05, 3.63) is 91.1 Å². The molecule has 0 saturated carbocycles. The molecule has 3 aromatic rings. The van der Waals surface area contributed by atoms with Crippen molar-refractivity contribution in [3.8, 4) is 11.6 Å². The van der Waals surface area contributed by atoms with Crippen LogP contribution in [0, 0.1) is 6.92 Å². The third kappa shape index (κ3) is 3.57. The number of hydrogen-bond acceptors (Lipinski definition) is 5. The average molecular weight is 437 g/mol. The molecule has 1 aromatic heterocycles. The number of nitrogens with one attached hydrogen (secondary N) is 1. The second-order valence-electron chi connectivity index (χ2n) is 6.96. The van der Waals surface area contributed by atoms with Crippen molar-refractivity contribution in [2.45, 2.75) is 13.8 Å². The Morgan fingerprint density at radius 1 is 1.06 bits per heavy atom. The standard InChI is InChI=1S/C22H17ClN4O4/c1-12-6-3-4-9-18(12)27-21(30)16(13(2)25-27)11-17-19(28)24-22(31)26(20(17)29)15-8-5-7-14(23)10-15/h3-11,29H,1-2H3,(H,24,28,31). The first-order chi connectivity index (χ1) is 14.8. The van der Waals surface area contributed by atoms with Gasteiger partial charge in [-0.05, 0) is 49.8 Å². The maximum absolute atomic E-state index is 13.0. The van der Waals surface area contributed by atoms with Crippen molar-refractivity contribution in [1.29, 1.82) is 0 Å². The maximum Gasteiger partial charge on any atom is 0.335 e.